The topological polar surface area (TPSA) is 18.5 Å². The van der Waals surface area contributed by atoms with Crippen molar-refractivity contribution in [1.29, 1.82) is 0 Å². The van der Waals surface area contributed by atoms with Crippen molar-refractivity contribution in [3.63, 3.8) is 0 Å². The summed E-state index contributed by atoms with van der Waals surface area (Å²) < 4.78 is 0. The van der Waals surface area contributed by atoms with Crippen LogP contribution in [0.15, 0.2) is 0 Å². The van der Waals surface area contributed by atoms with Crippen LogP contribution in [0.2, 0.25) is 0 Å². The number of nitrogens with one attached hydrogen (secondary N) is 1. The lowest BCUT2D eigenvalue weighted by molar-refractivity contribution is 0.0902. The Morgan fingerprint density at radius 1 is 1.24 bits per heavy atom. The third kappa shape index (κ3) is 6.66. The first-order valence-electron chi connectivity index (χ1n) is 9.03. The molecule has 1 fully saturated rings. The molecule has 1 aliphatic heterocycles. The van der Waals surface area contributed by atoms with E-state index in [0.29, 0.717) is 5.41 Å². The standard InChI is InChI=1S/C18H39N3/c1-7-18(5,14-19-13-16(3)4)15-20(6)17-9-11-21(8-2)12-10-17/h16-17,19H,7-15H2,1-6H3. The smallest absolute Gasteiger partial charge is 0.0117 e. The van der Waals surface area contributed by atoms with E-state index in [2.05, 4.69) is 56.8 Å². The molecule has 0 aliphatic carbocycles. The van der Waals surface area contributed by atoms with Crippen molar-refractivity contribution < 1.29 is 0 Å². The van der Waals surface area contributed by atoms with Gasteiger partial charge in [0.15, 0.2) is 0 Å². The van der Waals surface area contributed by atoms with Crippen LogP contribution in [0.25, 0.3) is 0 Å². The summed E-state index contributed by atoms with van der Waals surface area (Å²) in [6.07, 6.45) is 3.92. The van der Waals surface area contributed by atoms with Gasteiger partial charge in [-0.2, -0.15) is 0 Å². The molecule has 1 saturated heterocycles. The Bertz CT molecular complexity index is 272. The van der Waals surface area contributed by atoms with Crippen molar-refractivity contribution >= 4 is 0 Å². The van der Waals surface area contributed by atoms with Gasteiger partial charge in [-0.25, -0.2) is 0 Å². The molecule has 0 radical (unpaired) electrons. The predicted octanol–water partition coefficient (Wildman–Crippen LogP) is 3.06. The zero-order valence-electron chi connectivity index (χ0n) is 15.4. The lowest BCUT2D eigenvalue weighted by Gasteiger charge is -2.41. The van der Waals surface area contributed by atoms with Gasteiger partial charge in [0.1, 0.15) is 0 Å². The van der Waals surface area contributed by atoms with E-state index in [0.717, 1.165) is 25.0 Å². The minimum atomic E-state index is 0.394. The second-order valence-corrected chi connectivity index (χ2v) is 7.77. The van der Waals surface area contributed by atoms with E-state index >= 15 is 0 Å². The fourth-order valence-corrected chi connectivity index (χ4v) is 3.36. The lowest BCUT2D eigenvalue weighted by Crippen LogP contribution is -2.48. The first-order valence-corrected chi connectivity index (χ1v) is 9.03. The summed E-state index contributed by atoms with van der Waals surface area (Å²) in [5, 5.41) is 3.67. The predicted molar refractivity (Wildman–Crippen MR) is 93.9 cm³/mol. The van der Waals surface area contributed by atoms with E-state index in [-0.39, 0.29) is 0 Å². The van der Waals surface area contributed by atoms with Crippen LogP contribution in [0.5, 0.6) is 0 Å². The Hall–Kier alpha value is -0.120. The van der Waals surface area contributed by atoms with Gasteiger partial charge in [0, 0.05) is 19.1 Å². The molecule has 21 heavy (non-hydrogen) atoms. The largest absolute Gasteiger partial charge is 0.316 e. The third-order valence-corrected chi connectivity index (χ3v) is 5.22. The third-order valence-electron chi connectivity index (χ3n) is 5.22. The first-order chi connectivity index (χ1) is 9.90. The molecule has 1 N–H and O–H groups in total. The van der Waals surface area contributed by atoms with Crippen molar-refractivity contribution in [3.8, 4) is 0 Å². The summed E-state index contributed by atoms with van der Waals surface area (Å²) >= 11 is 0. The van der Waals surface area contributed by atoms with E-state index in [9.17, 15) is 0 Å². The maximum absolute atomic E-state index is 3.67. The quantitative estimate of drug-likeness (QED) is 0.705. The number of likely N-dealkylation sites (tertiary alicyclic amines) is 1. The van der Waals surface area contributed by atoms with Crippen molar-refractivity contribution in [1.82, 2.24) is 15.1 Å². The molecule has 0 bridgehead atoms. The van der Waals surface area contributed by atoms with Crippen LogP contribution in [0, 0.1) is 11.3 Å². The SMILES string of the molecule is CCN1CCC(N(C)CC(C)(CC)CNCC(C)C)CC1. The van der Waals surface area contributed by atoms with E-state index in [1.165, 1.54) is 45.4 Å². The van der Waals surface area contributed by atoms with Crippen molar-refractivity contribution in [2.24, 2.45) is 11.3 Å². The van der Waals surface area contributed by atoms with Crippen LogP contribution in [0.1, 0.15) is 53.9 Å². The van der Waals surface area contributed by atoms with Crippen molar-refractivity contribution in [2.45, 2.75) is 59.9 Å². The molecule has 0 spiro atoms. The number of piperidine rings is 1. The molecular weight excluding hydrogens is 258 g/mol. The number of hydrogen-bond donors (Lipinski definition) is 1. The molecule has 0 aromatic carbocycles. The van der Waals surface area contributed by atoms with Gasteiger partial charge < -0.3 is 15.1 Å². The van der Waals surface area contributed by atoms with Crippen LogP contribution in [-0.2, 0) is 0 Å². The summed E-state index contributed by atoms with van der Waals surface area (Å²) in [6.45, 7) is 18.9. The molecule has 1 unspecified atom stereocenters. The van der Waals surface area contributed by atoms with Gasteiger partial charge in [0.2, 0.25) is 0 Å². The van der Waals surface area contributed by atoms with E-state index in [1.54, 1.807) is 0 Å². The van der Waals surface area contributed by atoms with Gasteiger partial charge in [-0.1, -0.05) is 34.6 Å². The zero-order valence-corrected chi connectivity index (χ0v) is 15.4. The minimum absolute atomic E-state index is 0.394. The Morgan fingerprint density at radius 2 is 1.86 bits per heavy atom. The molecule has 3 heteroatoms. The average molecular weight is 298 g/mol. The van der Waals surface area contributed by atoms with Gasteiger partial charge in [0.05, 0.1) is 0 Å². The van der Waals surface area contributed by atoms with Gasteiger partial charge in [-0.3, -0.25) is 0 Å². The summed E-state index contributed by atoms with van der Waals surface area (Å²) in [6, 6.07) is 0.781. The number of rotatable bonds is 9. The molecule has 0 aromatic rings. The fourth-order valence-electron chi connectivity index (χ4n) is 3.36. The summed E-state index contributed by atoms with van der Waals surface area (Å²) in [4.78, 5) is 5.21. The van der Waals surface area contributed by atoms with Crippen LogP contribution in [0.3, 0.4) is 0 Å². The molecule has 1 heterocycles. The fraction of sp³-hybridized carbons (Fsp3) is 1.00. The van der Waals surface area contributed by atoms with Crippen molar-refractivity contribution in [3.05, 3.63) is 0 Å². The Labute approximate surface area is 133 Å². The highest BCUT2D eigenvalue weighted by atomic mass is 15.2. The highest BCUT2D eigenvalue weighted by Gasteiger charge is 2.28. The maximum Gasteiger partial charge on any atom is 0.0117 e. The van der Waals surface area contributed by atoms with Crippen LogP contribution in [0.4, 0.5) is 0 Å². The molecule has 0 aromatic heterocycles. The first kappa shape index (κ1) is 18.9. The van der Waals surface area contributed by atoms with Gasteiger partial charge in [-0.05, 0) is 63.8 Å². The Balaban J connectivity index is 2.40. The van der Waals surface area contributed by atoms with Crippen LogP contribution >= 0.6 is 0 Å². The Morgan fingerprint density at radius 3 is 2.33 bits per heavy atom. The molecule has 3 nitrogen and oxygen atoms in total. The minimum Gasteiger partial charge on any atom is -0.316 e. The summed E-state index contributed by atoms with van der Waals surface area (Å²) in [5.74, 6) is 0.738. The monoisotopic (exact) mass is 297 g/mol. The number of nitrogens with zero attached hydrogens (tertiary/aromatic N) is 2. The molecule has 0 saturated carbocycles. The average Bonchev–Trinajstić information content (AvgIpc) is 2.46. The van der Waals surface area contributed by atoms with Crippen LogP contribution < -0.4 is 5.32 Å². The molecule has 1 atom stereocenters. The molecular formula is C18H39N3. The maximum atomic E-state index is 3.67. The Kier molecular flexibility index (Phi) is 8.22. The molecule has 126 valence electrons. The van der Waals surface area contributed by atoms with Gasteiger partial charge in [-0.15, -0.1) is 0 Å². The normalized spacial score (nSPS) is 21.1. The van der Waals surface area contributed by atoms with Crippen molar-refractivity contribution in [2.75, 3.05) is 46.3 Å². The molecule has 1 aliphatic rings. The van der Waals surface area contributed by atoms with Gasteiger partial charge in [0.25, 0.3) is 0 Å². The van der Waals surface area contributed by atoms with Crippen LogP contribution in [-0.4, -0.2) is 62.2 Å². The summed E-state index contributed by atoms with van der Waals surface area (Å²) in [5.41, 5.74) is 0.394. The summed E-state index contributed by atoms with van der Waals surface area (Å²) in [7, 11) is 2.34. The van der Waals surface area contributed by atoms with E-state index in [1.807, 2.05) is 0 Å². The zero-order chi connectivity index (χ0) is 15.9. The lowest BCUT2D eigenvalue weighted by atomic mass is 9.85. The highest BCUT2D eigenvalue weighted by Crippen LogP contribution is 2.24. The van der Waals surface area contributed by atoms with E-state index < -0.39 is 0 Å². The molecule has 0 amide bonds. The van der Waals surface area contributed by atoms with Gasteiger partial charge >= 0.3 is 0 Å². The highest BCUT2D eigenvalue weighted by molar-refractivity contribution is 4.84. The molecule has 1 rings (SSSR count). The second kappa shape index (κ2) is 9.12. The van der Waals surface area contributed by atoms with E-state index in [4.69, 9.17) is 0 Å². The number of hydrogen-bond acceptors (Lipinski definition) is 3. The second-order valence-electron chi connectivity index (χ2n) is 7.77.